The Labute approximate surface area is 140 Å². The van der Waals surface area contributed by atoms with E-state index in [1.54, 1.807) is 7.11 Å². The molecule has 0 spiro atoms. The summed E-state index contributed by atoms with van der Waals surface area (Å²) in [5, 5.41) is 0. The number of methoxy groups -OCH3 is 1. The highest BCUT2D eigenvalue weighted by Gasteiger charge is 2.27. The van der Waals surface area contributed by atoms with Gasteiger partial charge in [-0.3, -0.25) is 9.69 Å². The van der Waals surface area contributed by atoms with Crippen LogP contribution in [0.1, 0.15) is 38.2 Å². The van der Waals surface area contributed by atoms with Gasteiger partial charge < -0.3 is 9.64 Å². The van der Waals surface area contributed by atoms with Gasteiger partial charge in [-0.15, -0.1) is 0 Å². The van der Waals surface area contributed by atoms with Crippen LogP contribution >= 0.6 is 0 Å². The van der Waals surface area contributed by atoms with Crippen molar-refractivity contribution in [3.8, 4) is 5.75 Å². The molecular formula is C19H30N2O2. The molecule has 1 aromatic rings. The van der Waals surface area contributed by atoms with E-state index >= 15 is 0 Å². The normalized spacial score (nSPS) is 16.3. The largest absolute Gasteiger partial charge is 0.496 e. The molecule has 0 unspecified atom stereocenters. The van der Waals surface area contributed by atoms with Gasteiger partial charge in [-0.1, -0.05) is 31.5 Å². The summed E-state index contributed by atoms with van der Waals surface area (Å²) in [5.41, 5.74) is 1.22. The quantitative estimate of drug-likeness (QED) is 0.774. The monoisotopic (exact) mass is 318 g/mol. The Morgan fingerprint density at radius 3 is 2.65 bits per heavy atom. The van der Waals surface area contributed by atoms with Crippen molar-refractivity contribution in [3.05, 3.63) is 29.8 Å². The lowest BCUT2D eigenvalue weighted by molar-refractivity contribution is -0.135. The van der Waals surface area contributed by atoms with Crippen LogP contribution < -0.4 is 4.74 Å². The first-order chi connectivity index (χ1) is 11.2. The Kier molecular flexibility index (Phi) is 6.90. The second kappa shape index (κ2) is 8.92. The van der Waals surface area contributed by atoms with E-state index in [2.05, 4.69) is 24.0 Å². The maximum absolute atomic E-state index is 12.5. The minimum absolute atomic E-state index is 0.200. The topological polar surface area (TPSA) is 32.8 Å². The fourth-order valence-corrected chi connectivity index (χ4v) is 3.23. The van der Waals surface area contributed by atoms with Crippen LogP contribution in [0.25, 0.3) is 0 Å². The summed E-state index contributed by atoms with van der Waals surface area (Å²) in [6.07, 6.45) is 4.15. The van der Waals surface area contributed by atoms with E-state index in [0.717, 1.165) is 57.6 Å². The maximum Gasteiger partial charge on any atom is 0.225 e. The first kappa shape index (κ1) is 17.8. The third kappa shape index (κ3) is 4.96. The van der Waals surface area contributed by atoms with Crippen LogP contribution in [0, 0.1) is 5.92 Å². The van der Waals surface area contributed by atoms with E-state index in [1.807, 2.05) is 24.1 Å². The van der Waals surface area contributed by atoms with E-state index in [0.29, 0.717) is 5.91 Å². The molecule has 1 amide bonds. The number of likely N-dealkylation sites (tertiary alicyclic amines) is 1. The minimum atomic E-state index is 0.200. The number of unbranched alkanes of at least 4 members (excludes halogenated alkanes) is 1. The summed E-state index contributed by atoms with van der Waals surface area (Å²) in [7, 11) is 3.66. The van der Waals surface area contributed by atoms with Crippen LogP contribution in [-0.4, -0.2) is 49.5 Å². The third-order valence-electron chi connectivity index (χ3n) is 4.75. The molecule has 1 aromatic carbocycles. The maximum atomic E-state index is 12.5. The number of hydrogen-bond acceptors (Lipinski definition) is 3. The van der Waals surface area contributed by atoms with E-state index in [1.165, 1.54) is 5.56 Å². The van der Waals surface area contributed by atoms with Gasteiger partial charge >= 0.3 is 0 Å². The molecule has 4 heteroatoms. The van der Waals surface area contributed by atoms with Crippen LogP contribution in [0.15, 0.2) is 24.3 Å². The number of carbonyl (C=O) groups excluding carboxylic acids is 1. The van der Waals surface area contributed by atoms with Gasteiger partial charge in [0.15, 0.2) is 0 Å². The van der Waals surface area contributed by atoms with Crippen molar-refractivity contribution in [2.24, 2.45) is 5.92 Å². The van der Waals surface area contributed by atoms with Gasteiger partial charge in [-0.25, -0.2) is 0 Å². The molecule has 2 rings (SSSR count). The highest BCUT2D eigenvalue weighted by Crippen LogP contribution is 2.24. The van der Waals surface area contributed by atoms with E-state index in [9.17, 15) is 4.79 Å². The molecule has 0 aromatic heterocycles. The van der Waals surface area contributed by atoms with E-state index in [4.69, 9.17) is 4.74 Å². The summed E-state index contributed by atoms with van der Waals surface area (Å²) in [6.45, 7) is 5.91. The highest BCUT2D eigenvalue weighted by atomic mass is 16.5. The number of nitrogens with zero attached hydrogens (tertiary/aromatic N) is 2. The fourth-order valence-electron chi connectivity index (χ4n) is 3.23. The van der Waals surface area contributed by atoms with Crippen LogP contribution in [0.5, 0.6) is 5.75 Å². The van der Waals surface area contributed by atoms with Crippen molar-refractivity contribution >= 4 is 5.91 Å². The number of rotatable bonds is 7. The predicted molar refractivity (Wildman–Crippen MR) is 93.5 cm³/mol. The lowest BCUT2D eigenvalue weighted by Crippen LogP contribution is -2.41. The van der Waals surface area contributed by atoms with Gasteiger partial charge in [0, 0.05) is 31.6 Å². The molecule has 1 aliphatic heterocycles. The summed E-state index contributed by atoms with van der Waals surface area (Å²) >= 11 is 0. The second-order valence-electron chi connectivity index (χ2n) is 6.48. The van der Waals surface area contributed by atoms with Crippen molar-refractivity contribution in [1.29, 1.82) is 0 Å². The predicted octanol–water partition coefficient (Wildman–Crippen LogP) is 3.17. The van der Waals surface area contributed by atoms with Gasteiger partial charge in [0.1, 0.15) is 5.75 Å². The Bertz CT molecular complexity index is 496. The summed E-state index contributed by atoms with van der Waals surface area (Å²) in [5.74, 6) is 1.48. The van der Waals surface area contributed by atoms with Crippen LogP contribution in [0.4, 0.5) is 0 Å². The van der Waals surface area contributed by atoms with Crippen molar-refractivity contribution in [2.45, 2.75) is 39.2 Å². The Balaban J connectivity index is 1.83. The first-order valence-corrected chi connectivity index (χ1v) is 8.75. The molecule has 4 nitrogen and oxygen atoms in total. The zero-order valence-electron chi connectivity index (χ0n) is 14.8. The smallest absolute Gasteiger partial charge is 0.225 e. The van der Waals surface area contributed by atoms with Crippen molar-refractivity contribution < 1.29 is 9.53 Å². The summed E-state index contributed by atoms with van der Waals surface area (Å²) in [4.78, 5) is 16.8. The molecule has 128 valence electrons. The molecule has 1 heterocycles. The lowest BCUT2D eigenvalue weighted by Gasteiger charge is -2.33. The van der Waals surface area contributed by atoms with E-state index in [-0.39, 0.29) is 5.92 Å². The summed E-state index contributed by atoms with van der Waals surface area (Å²) < 4.78 is 5.43. The lowest BCUT2D eigenvalue weighted by atomic mass is 9.95. The summed E-state index contributed by atoms with van der Waals surface area (Å²) in [6, 6.07) is 8.18. The number of piperidine rings is 1. The zero-order chi connectivity index (χ0) is 16.7. The fraction of sp³-hybridized carbons (Fsp3) is 0.632. The molecule has 1 saturated heterocycles. The Morgan fingerprint density at radius 2 is 2.00 bits per heavy atom. The minimum Gasteiger partial charge on any atom is -0.496 e. The molecule has 0 radical (unpaired) electrons. The van der Waals surface area contributed by atoms with Gasteiger partial charge in [0.2, 0.25) is 5.91 Å². The first-order valence-electron chi connectivity index (χ1n) is 8.75. The highest BCUT2D eigenvalue weighted by molar-refractivity contribution is 5.78. The standard InChI is InChI=1S/C19H30N2O2/c1-4-5-12-20(2)19(22)16-10-13-21(14-11-16)15-17-8-6-7-9-18(17)23-3/h6-9,16H,4-5,10-15H2,1-3H3. The van der Waals surface area contributed by atoms with Gasteiger partial charge in [0.25, 0.3) is 0 Å². The van der Waals surface area contributed by atoms with Gasteiger partial charge in [-0.2, -0.15) is 0 Å². The average molecular weight is 318 g/mol. The molecular weight excluding hydrogens is 288 g/mol. The molecule has 0 N–H and O–H groups in total. The second-order valence-corrected chi connectivity index (χ2v) is 6.48. The molecule has 23 heavy (non-hydrogen) atoms. The Hall–Kier alpha value is -1.55. The van der Waals surface area contributed by atoms with Gasteiger partial charge in [0.05, 0.1) is 7.11 Å². The van der Waals surface area contributed by atoms with Crippen LogP contribution in [0.3, 0.4) is 0 Å². The molecule has 0 atom stereocenters. The number of ether oxygens (including phenoxy) is 1. The third-order valence-corrected chi connectivity index (χ3v) is 4.75. The Morgan fingerprint density at radius 1 is 1.30 bits per heavy atom. The van der Waals surface area contributed by atoms with Crippen molar-refractivity contribution in [2.75, 3.05) is 33.8 Å². The van der Waals surface area contributed by atoms with Crippen LogP contribution in [0.2, 0.25) is 0 Å². The molecule has 0 saturated carbocycles. The van der Waals surface area contributed by atoms with Crippen molar-refractivity contribution in [1.82, 2.24) is 9.80 Å². The molecule has 0 bridgehead atoms. The van der Waals surface area contributed by atoms with Crippen LogP contribution in [-0.2, 0) is 11.3 Å². The van der Waals surface area contributed by atoms with Gasteiger partial charge in [-0.05, 0) is 38.4 Å². The SMILES string of the molecule is CCCCN(C)C(=O)C1CCN(Cc2ccccc2OC)CC1. The number of amides is 1. The number of hydrogen-bond donors (Lipinski definition) is 0. The van der Waals surface area contributed by atoms with Crippen molar-refractivity contribution in [3.63, 3.8) is 0 Å². The zero-order valence-corrected chi connectivity index (χ0v) is 14.8. The number of carbonyl (C=O) groups is 1. The molecule has 1 aliphatic rings. The molecule has 0 aliphatic carbocycles. The number of benzene rings is 1. The number of para-hydroxylation sites is 1. The molecule has 1 fully saturated rings. The van der Waals surface area contributed by atoms with E-state index < -0.39 is 0 Å². The average Bonchev–Trinajstić information content (AvgIpc) is 2.60.